The first-order valence-corrected chi connectivity index (χ1v) is 10.3. The summed E-state index contributed by atoms with van der Waals surface area (Å²) in [5.74, 6) is 0.876. The lowest BCUT2D eigenvalue weighted by atomic mass is 10.1. The van der Waals surface area contributed by atoms with E-state index in [4.69, 9.17) is 9.47 Å². The van der Waals surface area contributed by atoms with Crippen molar-refractivity contribution in [2.45, 2.75) is 6.54 Å². The standard InChI is InChI=1S/C24H29N3O4/c1-4-15-31-21-10-9-20(16-22(21)30-3)23(28)25-17-18-5-7-19(8-6-18)24(29)27-13-11-26(2)12-14-27/h4-10,16H,1,11-15,17H2,2-3H3,(H,25,28). The van der Waals surface area contributed by atoms with E-state index in [9.17, 15) is 9.59 Å². The van der Waals surface area contributed by atoms with Crippen molar-refractivity contribution >= 4 is 11.8 Å². The number of hydrogen-bond donors (Lipinski definition) is 1. The predicted octanol–water partition coefficient (Wildman–Crippen LogP) is 2.58. The maximum absolute atomic E-state index is 12.6. The fourth-order valence-electron chi connectivity index (χ4n) is 3.32. The molecule has 7 heteroatoms. The molecule has 1 aliphatic heterocycles. The zero-order valence-electron chi connectivity index (χ0n) is 18.1. The van der Waals surface area contributed by atoms with Crippen LogP contribution in [0, 0.1) is 0 Å². The third-order valence-corrected chi connectivity index (χ3v) is 5.23. The highest BCUT2D eigenvalue weighted by Gasteiger charge is 2.20. The normalized spacial score (nSPS) is 14.1. The van der Waals surface area contributed by atoms with E-state index >= 15 is 0 Å². The van der Waals surface area contributed by atoms with Gasteiger partial charge < -0.3 is 24.6 Å². The molecule has 0 unspecified atom stereocenters. The van der Waals surface area contributed by atoms with Gasteiger partial charge >= 0.3 is 0 Å². The SMILES string of the molecule is C=CCOc1ccc(C(=O)NCc2ccc(C(=O)N3CCN(C)CC3)cc2)cc1OC. The zero-order chi connectivity index (χ0) is 22.2. The molecule has 2 amide bonds. The Labute approximate surface area is 183 Å². The van der Waals surface area contributed by atoms with Gasteiger partial charge in [0, 0.05) is 43.9 Å². The van der Waals surface area contributed by atoms with Gasteiger partial charge in [0.25, 0.3) is 11.8 Å². The molecular weight excluding hydrogens is 394 g/mol. The summed E-state index contributed by atoms with van der Waals surface area (Å²) < 4.78 is 10.8. The predicted molar refractivity (Wildman–Crippen MR) is 120 cm³/mol. The number of carbonyl (C=O) groups is 2. The van der Waals surface area contributed by atoms with Gasteiger partial charge in [-0.1, -0.05) is 24.8 Å². The first-order valence-electron chi connectivity index (χ1n) is 10.3. The number of amides is 2. The van der Waals surface area contributed by atoms with Gasteiger partial charge in [-0.05, 0) is 42.9 Å². The molecule has 1 N–H and O–H groups in total. The Bertz CT molecular complexity index is 919. The van der Waals surface area contributed by atoms with E-state index in [1.165, 1.54) is 7.11 Å². The van der Waals surface area contributed by atoms with E-state index in [1.54, 1.807) is 24.3 Å². The number of ether oxygens (including phenoxy) is 2. The molecule has 0 atom stereocenters. The highest BCUT2D eigenvalue weighted by atomic mass is 16.5. The van der Waals surface area contributed by atoms with E-state index in [1.807, 2.05) is 29.2 Å². The number of hydrogen-bond acceptors (Lipinski definition) is 5. The second kappa shape index (κ2) is 10.6. The Morgan fingerprint density at radius 1 is 1.03 bits per heavy atom. The molecule has 0 bridgehead atoms. The van der Waals surface area contributed by atoms with Crippen LogP contribution in [-0.4, -0.2) is 68.6 Å². The number of benzene rings is 2. The summed E-state index contributed by atoms with van der Waals surface area (Å²) in [5.41, 5.74) is 2.06. The summed E-state index contributed by atoms with van der Waals surface area (Å²) in [5, 5.41) is 2.89. The van der Waals surface area contributed by atoms with Gasteiger partial charge in [-0.15, -0.1) is 0 Å². The number of methoxy groups -OCH3 is 1. The zero-order valence-corrected chi connectivity index (χ0v) is 18.1. The fourth-order valence-corrected chi connectivity index (χ4v) is 3.32. The molecule has 0 aliphatic carbocycles. The van der Waals surface area contributed by atoms with Crippen LogP contribution in [-0.2, 0) is 6.54 Å². The summed E-state index contributed by atoms with van der Waals surface area (Å²) >= 11 is 0. The molecule has 0 radical (unpaired) electrons. The number of carbonyl (C=O) groups excluding carboxylic acids is 2. The van der Waals surface area contributed by atoms with Crippen LogP contribution in [0.25, 0.3) is 0 Å². The first-order chi connectivity index (χ1) is 15.0. The van der Waals surface area contributed by atoms with Crippen LogP contribution in [0.5, 0.6) is 11.5 Å². The van der Waals surface area contributed by atoms with Gasteiger partial charge in [0.1, 0.15) is 6.61 Å². The van der Waals surface area contributed by atoms with Crippen molar-refractivity contribution in [3.63, 3.8) is 0 Å². The average molecular weight is 424 g/mol. The Kier molecular flexibility index (Phi) is 7.67. The molecule has 0 saturated carbocycles. The Balaban J connectivity index is 1.56. The van der Waals surface area contributed by atoms with Crippen molar-refractivity contribution in [2.24, 2.45) is 0 Å². The molecule has 0 spiro atoms. The van der Waals surface area contributed by atoms with Crippen LogP contribution in [0.1, 0.15) is 26.3 Å². The van der Waals surface area contributed by atoms with E-state index in [-0.39, 0.29) is 11.8 Å². The lowest BCUT2D eigenvalue weighted by Gasteiger charge is -2.32. The maximum Gasteiger partial charge on any atom is 0.253 e. The summed E-state index contributed by atoms with van der Waals surface area (Å²) in [7, 11) is 3.59. The van der Waals surface area contributed by atoms with Crippen molar-refractivity contribution in [3.8, 4) is 11.5 Å². The monoisotopic (exact) mass is 423 g/mol. The average Bonchev–Trinajstić information content (AvgIpc) is 2.81. The summed E-state index contributed by atoms with van der Waals surface area (Å²) in [6.45, 7) is 7.61. The summed E-state index contributed by atoms with van der Waals surface area (Å²) in [6, 6.07) is 12.4. The number of nitrogens with one attached hydrogen (secondary N) is 1. The second-order valence-electron chi connectivity index (χ2n) is 7.44. The van der Waals surface area contributed by atoms with Crippen LogP contribution in [0.15, 0.2) is 55.1 Å². The largest absolute Gasteiger partial charge is 0.493 e. The molecule has 2 aromatic rings. The minimum Gasteiger partial charge on any atom is -0.493 e. The third-order valence-electron chi connectivity index (χ3n) is 5.23. The molecule has 0 aromatic heterocycles. The lowest BCUT2D eigenvalue weighted by molar-refractivity contribution is 0.0664. The minimum absolute atomic E-state index is 0.0505. The summed E-state index contributed by atoms with van der Waals surface area (Å²) in [4.78, 5) is 29.3. The third kappa shape index (κ3) is 5.86. The lowest BCUT2D eigenvalue weighted by Crippen LogP contribution is -2.47. The minimum atomic E-state index is -0.217. The molecule has 2 aromatic carbocycles. The first kappa shape index (κ1) is 22.4. The molecular formula is C24H29N3O4. The number of nitrogens with zero attached hydrogens (tertiary/aromatic N) is 2. The second-order valence-corrected chi connectivity index (χ2v) is 7.44. The number of likely N-dealkylation sites (N-methyl/N-ethyl adjacent to an activating group) is 1. The van der Waals surface area contributed by atoms with Gasteiger partial charge in [-0.25, -0.2) is 0 Å². The van der Waals surface area contributed by atoms with Gasteiger partial charge in [0.2, 0.25) is 0 Å². The van der Waals surface area contributed by atoms with Gasteiger partial charge in [-0.3, -0.25) is 9.59 Å². The molecule has 3 rings (SSSR count). The molecule has 1 aliphatic rings. The fraction of sp³-hybridized carbons (Fsp3) is 0.333. The van der Waals surface area contributed by atoms with Crippen molar-refractivity contribution in [3.05, 3.63) is 71.8 Å². The Morgan fingerprint density at radius 3 is 2.35 bits per heavy atom. The van der Waals surface area contributed by atoms with Crippen LogP contribution < -0.4 is 14.8 Å². The topological polar surface area (TPSA) is 71.1 Å². The molecule has 164 valence electrons. The van der Waals surface area contributed by atoms with Gasteiger partial charge in [0.05, 0.1) is 7.11 Å². The smallest absolute Gasteiger partial charge is 0.253 e. The van der Waals surface area contributed by atoms with E-state index in [2.05, 4.69) is 23.8 Å². The molecule has 7 nitrogen and oxygen atoms in total. The van der Waals surface area contributed by atoms with Gasteiger partial charge in [0.15, 0.2) is 11.5 Å². The quantitative estimate of drug-likeness (QED) is 0.661. The van der Waals surface area contributed by atoms with Crippen molar-refractivity contribution in [2.75, 3.05) is 46.9 Å². The van der Waals surface area contributed by atoms with Crippen LogP contribution in [0.3, 0.4) is 0 Å². The van der Waals surface area contributed by atoms with Crippen molar-refractivity contribution in [1.82, 2.24) is 15.1 Å². The van der Waals surface area contributed by atoms with Crippen LogP contribution in [0.4, 0.5) is 0 Å². The van der Waals surface area contributed by atoms with Crippen molar-refractivity contribution in [1.29, 1.82) is 0 Å². The van der Waals surface area contributed by atoms with Crippen molar-refractivity contribution < 1.29 is 19.1 Å². The molecule has 1 fully saturated rings. The summed E-state index contributed by atoms with van der Waals surface area (Å²) in [6.07, 6.45) is 1.64. The molecule has 1 heterocycles. The molecule has 31 heavy (non-hydrogen) atoms. The number of piperazine rings is 1. The Hall–Kier alpha value is -3.32. The van der Waals surface area contributed by atoms with Gasteiger partial charge in [-0.2, -0.15) is 0 Å². The highest BCUT2D eigenvalue weighted by Crippen LogP contribution is 2.28. The van der Waals surface area contributed by atoms with Crippen LogP contribution >= 0.6 is 0 Å². The highest BCUT2D eigenvalue weighted by molar-refractivity contribution is 5.95. The molecule has 1 saturated heterocycles. The van der Waals surface area contributed by atoms with E-state index in [0.29, 0.717) is 35.8 Å². The maximum atomic E-state index is 12.6. The van der Waals surface area contributed by atoms with E-state index < -0.39 is 0 Å². The van der Waals surface area contributed by atoms with E-state index in [0.717, 1.165) is 31.7 Å². The number of rotatable bonds is 8. The van der Waals surface area contributed by atoms with Crippen LogP contribution in [0.2, 0.25) is 0 Å². The Morgan fingerprint density at radius 2 is 1.71 bits per heavy atom.